The third-order valence-corrected chi connectivity index (χ3v) is 3.98. The molecule has 6 nitrogen and oxygen atoms in total. The van der Waals surface area contributed by atoms with Gasteiger partial charge in [-0.15, -0.1) is 0 Å². The van der Waals surface area contributed by atoms with E-state index in [9.17, 15) is 4.79 Å². The number of amides is 1. The van der Waals surface area contributed by atoms with E-state index in [2.05, 4.69) is 34.0 Å². The normalized spacial score (nSPS) is 14.8. The summed E-state index contributed by atoms with van der Waals surface area (Å²) in [7, 11) is 0. The van der Waals surface area contributed by atoms with Gasteiger partial charge in [0.05, 0.1) is 11.9 Å². The molecular weight excluding hydrogens is 302 g/mol. The molecule has 2 aromatic rings. The molecule has 2 aromatic heterocycles. The maximum absolute atomic E-state index is 12.6. The summed E-state index contributed by atoms with van der Waals surface area (Å²) in [5.74, 6) is 0.957. The van der Waals surface area contributed by atoms with Crippen LogP contribution in [-0.4, -0.2) is 53.0 Å². The van der Waals surface area contributed by atoms with Crippen molar-refractivity contribution in [3.05, 3.63) is 48.4 Å². The molecule has 1 N–H and O–H groups in total. The van der Waals surface area contributed by atoms with Crippen LogP contribution in [0.1, 0.15) is 24.3 Å². The van der Waals surface area contributed by atoms with Crippen LogP contribution in [0, 0.1) is 0 Å². The second-order valence-corrected chi connectivity index (χ2v) is 6.20. The number of pyridine rings is 2. The molecule has 1 aliphatic rings. The second kappa shape index (κ2) is 7.29. The van der Waals surface area contributed by atoms with Crippen molar-refractivity contribution in [1.29, 1.82) is 0 Å². The maximum Gasteiger partial charge on any atom is 0.272 e. The van der Waals surface area contributed by atoms with Crippen LogP contribution < -0.4 is 10.2 Å². The summed E-state index contributed by atoms with van der Waals surface area (Å²) in [6.07, 6.45) is 3.51. The van der Waals surface area contributed by atoms with Gasteiger partial charge in [-0.05, 0) is 38.1 Å². The molecule has 0 spiro atoms. The van der Waals surface area contributed by atoms with Gasteiger partial charge in [-0.1, -0.05) is 6.07 Å². The highest BCUT2D eigenvalue weighted by atomic mass is 16.2. The topological polar surface area (TPSA) is 61.4 Å². The van der Waals surface area contributed by atoms with Crippen molar-refractivity contribution in [3.63, 3.8) is 0 Å². The van der Waals surface area contributed by atoms with Gasteiger partial charge in [-0.3, -0.25) is 4.79 Å². The Kier molecular flexibility index (Phi) is 4.93. The van der Waals surface area contributed by atoms with Crippen molar-refractivity contribution in [3.8, 4) is 0 Å². The number of hydrogen-bond acceptors (Lipinski definition) is 5. The Morgan fingerprint density at radius 3 is 2.46 bits per heavy atom. The zero-order valence-electron chi connectivity index (χ0n) is 14.1. The van der Waals surface area contributed by atoms with Gasteiger partial charge in [-0.25, -0.2) is 9.97 Å². The zero-order valence-corrected chi connectivity index (χ0v) is 14.1. The lowest BCUT2D eigenvalue weighted by Crippen LogP contribution is -2.49. The molecule has 0 atom stereocenters. The van der Waals surface area contributed by atoms with Gasteiger partial charge in [-0.2, -0.15) is 0 Å². The summed E-state index contributed by atoms with van der Waals surface area (Å²) in [5, 5.41) is 3.27. The van der Waals surface area contributed by atoms with Crippen molar-refractivity contribution < 1.29 is 4.79 Å². The largest absolute Gasteiger partial charge is 0.382 e. The lowest BCUT2D eigenvalue weighted by atomic mass is 10.2. The fourth-order valence-electron chi connectivity index (χ4n) is 2.78. The average Bonchev–Trinajstić information content (AvgIpc) is 2.62. The molecule has 1 aliphatic heterocycles. The average molecular weight is 325 g/mol. The highest BCUT2D eigenvalue weighted by Gasteiger charge is 2.23. The SMILES string of the molecule is CC(C)Nc1ccc(C(=O)N2CCN(c3ccccn3)CC2)nc1. The number of carbonyl (C=O) groups excluding carboxylic acids is 1. The van der Waals surface area contributed by atoms with Crippen LogP contribution in [0.2, 0.25) is 0 Å². The van der Waals surface area contributed by atoms with Gasteiger partial charge in [0.1, 0.15) is 11.5 Å². The highest BCUT2D eigenvalue weighted by molar-refractivity contribution is 5.92. The molecule has 0 bridgehead atoms. The third kappa shape index (κ3) is 3.82. The molecular formula is C18H23N5O. The van der Waals surface area contributed by atoms with E-state index in [1.165, 1.54) is 0 Å². The Bertz CT molecular complexity index is 664. The Hall–Kier alpha value is -2.63. The minimum atomic E-state index is -0.00762. The summed E-state index contributed by atoms with van der Waals surface area (Å²) in [6.45, 7) is 7.08. The monoisotopic (exact) mass is 325 g/mol. The van der Waals surface area contributed by atoms with E-state index in [-0.39, 0.29) is 5.91 Å². The van der Waals surface area contributed by atoms with Gasteiger partial charge in [0, 0.05) is 38.4 Å². The molecule has 3 rings (SSSR count). The molecule has 0 saturated carbocycles. The lowest BCUT2D eigenvalue weighted by molar-refractivity contribution is 0.0740. The molecule has 0 aliphatic carbocycles. The number of aromatic nitrogens is 2. The summed E-state index contributed by atoms with van der Waals surface area (Å²) < 4.78 is 0. The number of carbonyl (C=O) groups is 1. The molecule has 24 heavy (non-hydrogen) atoms. The van der Waals surface area contributed by atoms with E-state index < -0.39 is 0 Å². The molecule has 3 heterocycles. The van der Waals surface area contributed by atoms with Gasteiger partial charge in [0.15, 0.2) is 0 Å². The molecule has 1 amide bonds. The van der Waals surface area contributed by atoms with Gasteiger partial charge < -0.3 is 15.1 Å². The van der Waals surface area contributed by atoms with Crippen LogP contribution in [0.15, 0.2) is 42.7 Å². The van der Waals surface area contributed by atoms with E-state index in [1.807, 2.05) is 29.2 Å². The predicted molar refractivity (Wildman–Crippen MR) is 95.3 cm³/mol. The molecule has 0 aromatic carbocycles. The van der Waals surface area contributed by atoms with E-state index >= 15 is 0 Å². The standard InChI is InChI=1S/C18H23N5O/c1-14(2)21-15-6-7-16(20-13-15)18(24)23-11-9-22(10-12-23)17-5-3-4-8-19-17/h3-8,13-14,21H,9-12H2,1-2H3. The van der Waals surface area contributed by atoms with Crippen LogP contribution in [0.4, 0.5) is 11.5 Å². The van der Waals surface area contributed by atoms with Crippen LogP contribution in [0.25, 0.3) is 0 Å². The minimum absolute atomic E-state index is 0.00762. The number of piperazine rings is 1. The van der Waals surface area contributed by atoms with Crippen LogP contribution >= 0.6 is 0 Å². The fourth-order valence-corrected chi connectivity index (χ4v) is 2.78. The van der Waals surface area contributed by atoms with E-state index in [0.29, 0.717) is 24.8 Å². The predicted octanol–water partition coefficient (Wildman–Crippen LogP) is 2.26. The number of nitrogens with zero attached hydrogens (tertiary/aromatic N) is 4. The molecule has 1 fully saturated rings. The summed E-state index contributed by atoms with van der Waals surface area (Å²) in [5.41, 5.74) is 1.43. The maximum atomic E-state index is 12.6. The second-order valence-electron chi connectivity index (χ2n) is 6.20. The highest BCUT2D eigenvalue weighted by Crippen LogP contribution is 2.15. The van der Waals surface area contributed by atoms with E-state index in [4.69, 9.17) is 0 Å². The van der Waals surface area contributed by atoms with Crippen molar-refractivity contribution in [2.75, 3.05) is 36.4 Å². The zero-order chi connectivity index (χ0) is 16.9. The van der Waals surface area contributed by atoms with E-state index in [1.54, 1.807) is 18.5 Å². The summed E-state index contributed by atoms with van der Waals surface area (Å²) in [6, 6.07) is 9.93. The first-order valence-electron chi connectivity index (χ1n) is 8.31. The van der Waals surface area contributed by atoms with Crippen molar-refractivity contribution in [2.24, 2.45) is 0 Å². The Morgan fingerprint density at radius 2 is 1.88 bits per heavy atom. The molecule has 1 saturated heterocycles. The molecule has 0 unspecified atom stereocenters. The quantitative estimate of drug-likeness (QED) is 0.934. The van der Waals surface area contributed by atoms with Gasteiger partial charge in [0.25, 0.3) is 5.91 Å². The molecule has 126 valence electrons. The Labute approximate surface area is 142 Å². The minimum Gasteiger partial charge on any atom is -0.382 e. The number of anilines is 2. The molecule has 0 radical (unpaired) electrons. The number of hydrogen-bond donors (Lipinski definition) is 1. The first-order valence-corrected chi connectivity index (χ1v) is 8.31. The third-order valence-electron chi connectivity index (χ3n) is 3.98. The smallest absolute Gasteiger partial charge is 0.272 e. The number of nitrogens with one attached hydrogen (secondary N) is 1. The van der Waals surface area contributed by atoms with Crippen LogP contribution in [0.3, 0.4) is 0 Å². The summed E-state index contributed by atoms with van der Waals surface area (Å²) in [4.78, 5) is 25.3. The fraction of sp³-hybridized carbons (Fsp3) is 0.389. The van der Waals surface area contributed by atoms with Crippen molar-refractivity contribution in [2.45, 2.75) is 19.9 Å². The van der Waals surface area contributed by atoms with Gasteiger partial charge in [0.2, 0.25) is 0 Å². The van der Waals surface area contributed by atoms with Crippen molar-refractivity contribution >= 4 is 17.4 Å². The van der Waals surface area contributed by atoms with Crippen LogP contribution in [-0.2, 0) is 0 Å². The van der Waals surface area contributed by atoms with Crippen LogP contribution in [0.5, 0.6) is 0 Å². The Morgan fingerprint density at radius 1 is 1.08 bits per heavy atom. The Balaban J connectivity index is 1.59. The summed E-state index contributed by atoms with van der Waals surface area (Å²) >= 11 is 0. The van der Waals surface area contributed by atoms with E-state index in [0.717, 1.165) is 24.6 Å². The van der Waals surface area contributed by atoms with Gasteiger partial charge >= 0.3 is 0 Å². The molecule has 6 heteroatoms. The van der Waals surface area contributed by atoms with Crippen molar-refractivity contribution in [1.82, 2.24) is 14.9 Å². The number of rotatable bonds is 4. The first-order chi connectivity index (χ1) is 11.6. The lowest BCUT2D eigenvalue weighted by Gasteiger charge is -2.35. The first kappa shape index (κ1) is 16.2.